The topological polar surface area (TPSA) is 163 Å². The molecular formula is C7H6N4O6S2. The number of rotatable bonds is 3. The highest BCUT2D eigenvalue weighted by molar-refractivity contribution is 7.86. The van der Waals surface area contributed by atoms with E-state index in [1.807, 2.05) is 0 Å². The number of tetrazole rings is 1. The van der Waals surface area contributed by atoms with Crippen molar-refractivity contribution < 1.29 is 25.9 Å². The van der Waals surface area contributed by atoms with Gasteiger partial charge in [0.1, 0.15) is 4.90 Å². The third-order valence-electron chi connectivity index (χ3n) is 2.12. The molecule has 0 aliphatic carbocycles. The van der Waals surface area contributed by atoms with Gasteiger partial charge in [0.25, 0.3) is 20.2 Å². The Morgan fingerprint density at radius 1 is 1.05 bits per heavy atom. The molecule has 0 amide bonds. The molecule has 0 saturated heterocycles. The van der Waals surface area contributed by atoms with Crippen molar-refractivity contribution in [2.75, 3.05) is 0 Å². The van der Waals surface area contributed by atoms with Crippen LogP contribution in [0.5, 0.6) is 0 Å². The lowest BCUT2D eigenvalue weighted by Gasteiger charge is -2.05. The van der Waals surface area contributed by atoms with E-state index in [2.05, 4.69) is 20.6 Å². The summed E-state index contributed by atoms with van der Waals surface area (Å²) < 4.78 is 62.2. The zero-order chi connectivity index (χ0) is 14.3. The average Bonchev–Trinajstić information content (AvgIpc) is 2.79. The number of benzene rings is 1. The molecule has 0 radical (unpaired) electrons. The van der Waals surface area contributed by atoms with Gasteiger partial charge in [-0.05, 0) is 23.4 Å². The van der Waals surface area contributed by atoms with Crippen LogP contribution in [-0.4, -0.2) is 46.6 Å². The third-order valence-corrected chi connectivity index (χ3v) is 3.86. The number of H-pyrrole nitrogens is 1. The maximum absolute atomic E-state index is 11.2. The third kappa shape index (κ3) is 2.76. The van der Waals surface area contributed by atoms with Crippen LogP contribution in [0.2, 0.25) is 0 Å². The Morgan fingerprint density at radius 2 is 1.74 bits per heavy atom. The summed E-state index contributed by atoms with van der Waals surface area (Å²) in [6.07, 6.45) is 0. The van der Waals surface area contributed by atoms with Crippen molar-refractivity contribution in [2.24, 2.45) is 0 Å². The minimum atomic E-state index is -4.74. The summed E-state index contributed by atoms with van der Waals surface area (Å²) in [5.41, 5.74) is -0.163. The number of hydrogen-bond donors (Lipinski definition) is 3. The Morgan fingerprint density at radius 3 is 2.21 bits per heavy atom. The summed E-state index contributed by atoms with van der Waals surface area (Å²) in [7, 11) is -9.35. The van der Waals surface area contributed by atoms with Gasteiger partial charge in [-0.2, -0.15) is 22.0 Å². The zero-order valence-electron chi connectivity index (χ0n) is 8.92. The van der Waals surface area contributed by atoms with Gasteiger partial charge in [-0.3, -0.25) is 9.11 Å². The minimum absolute atomic E-state index is 0.158. The van der Waals surface area contributed by atoms with E-state index in [9.17, 15) is 16.8 Å². The molecule has 19 heavy (non-hydrogen) atoms. The minimum Gasteiger partial charge on any atom is -0.282 e. The molecule has 0 unspecified atom stereocenters. The lowest BCUT2D eigenvalue weighted by molar-refractivity contribution is 0.481. The van der Waals surface area contributed by atoms with E-state index >= 15 is 0 Å². The van der Waals surface area contributed by atoms with Crippen LogP contribution in [0.25, 0.3) is 11.4 Å². The zero-order valence-corrected chi connectivity index (χ0v) is 10.6. The Bertz CT molecular complexity index is 811. The Balaban J connectivity index is 2.78. The second-order valence-corrected chi connectivity index (χ2v) is 6.16. The van der Waals surface area contributed by atoms with Crippen molar-refractivity contribution in [2.45, 2.75) is 9.79 Å². The molecule has 0 fully saturated rings. The van der Waals surface area contributed by atoms with Crippen LogP contribution >= 0.6 is 0 Å². The molecule has 0 bridgehead atoms. The van der Waals surface area contributed by atoms with Crippen LogP contribution in [0.15, 0.2) is 28.0 Å². The van der Waals surface area contributed by atoms with Crippen LogP contribution in [-0.2, 0) is 20.2 Å². The smallest absolute Gasteiger partial charge is 0.282 e. The van der Waals surface area contributed by atoms with Gasteiger partial charge in [0, 0.05) is 5.56 Å². The molecule has 102 valence electrons. The van der Waals surface area contributed by atoms with Gasteiger partial charge in [-0.1, -0.05) is 0 Å². The van der Waals surface area contributed by atoms with E-state index in [0.29, 0.717) is 6.07 Å². The molecular weight excluding hydrogens is 300 g/mol. The summed E-state index contributed by atoms with van der Waals surface area (Å²) in [5.74, 6) is -0.158. The predicted molar refractivity (Wildman–Crippen MR) is 59.2 cm³/mol. The predicted octanol–water partition coefficient (Wildman–Crippen LogP) is -0.640. The molecule has 2 rings (SSSR count). The first-order valence-corrected chi connectivity index (χ1v) is 7.40. The molecule has 0 spiro atoms. The molecule has 3 N–H and O–H groups in total. The first-order valence-electron chi connectivity index (χ1n) is 4.52. The van der Waals surface area contributed by atoms with Crippen LogP contribution in [0, 0.1) is 0 Å². The van der Waals surface area contributed by atoms with Crippen molar-refractivity contribution in [1.82, 2.24) is 20.6 Å². The van der Waals surface area contributed by atoms with Crippen molar-refractivity contribution in [3.05, 3.63) is 18.2 Å². The molecule has 1 aromatic heterocycles. The van der Waals surface area contributed by atoms with Crippen molar-refractivity contribution in [1.29, 1.82) is 0 Å². The molecule has 0 saturated carbocycles. The van der Waals surface area contributed by atoms with Crippen LogP contribution in [0.4, 0.5) is 0 Å². The molecule has 0 aliphatic heterocycles. The number of hydrogen-bond acceptors (Lipinski definition) is 7. The molecule has 1 aromatic carbocycles. The van der Waals surface area contributed by atoms with E-state index in [1.54, 1.807) is 0 Å². The molecule has 2 aromatic rings. The Labute approximate surface area is 107 Å². The van der Waals surface area contributed by atoms with Crippen molar-refractivity contribution in [3.8, 4) is 11.4 Å². The maximum Gasteiger partial charge on any atom is 0.295 e. The molecule has 10 nitrogen and oxygen atoms in total. The van der Waals surface area contributed by atoms with E-state index in [4.69, 9.17) is 9.11 Å². The van der Waals surface area contributed by atoms with Gasteiger partial charge in [0.05, 0.1) is 4.90 Å². The normalized spacial score (nSPS) is 12.5. The fourth-order valence-corrected chi connectivity index (χ4v) is 2.63. The number of nitrogens with one attached hydrogen (secondary N) is 1. The highest BCUT2D eigenvalue weighted by Gasteiger charge is 2.22. The Kier molecular flexibility index (Phi) is 3.09. The van der Waals surface area contributed by atoms with Gasteiger partial charge < -0.3 is 0 Å². The fourth-order valence-electron chi connectivity index (χ4n) is 1.34. The number of nitrogens with zero attached hydrogens (tertiary/aromatic N) is 3. The summed E-state index contributed by atoms with van der Waals surface area (Å²) in [6.45, 7) is 0. The average molecular weight is 306 g/mol. The van der Waals surface area contributed by atoms with Crippen molar-refractivity contribution >= 4 is 20.2 Å². The van der Waals surface area contributed by atoms with E-state index in [1.165, 1.54) is 0 Å². The van der Waals surface area contributed by atoms with E-state index in [-0.39, 0.29) is 11.4 Å². The maximum atomic E-state index is 11.2. The highest BCUT2D eigenvalue weighted by Crippen LogP contribution is 2.26. The largest absolute Gasteiger partial charge is 0.295 e. The summed E-state index contributed by atoms with van der Waals surface area (Å²) in [5, 5.41) is 12.3. The van der Waals surface area contributed by atoms with Gasteiger partial charge in [0.15, 0.2) is 0 Å². The fraction of sp³-hybridized carbons (Fsp3) is 0. The lowest BCUT2D eigenvalue weighted by Crippen LogP contribution is -2.05. The van der Waals surface area contributed by atoms with E-state index < -0.39 is 30.0 Å². The molecule has 0 aliphatic rings. The van der Waals surface area contributed by atoms with E-state index in [0.717, 1.165) is 12.1 Å². The summed E-state index contributed by atoms with van der Waals surface area (Å²) in [6, 6.07) is 2.56. The van der Waals surface area contributed by atoms with Gasteiger partial charge in [0.2, 0.25) is 5.82 Å². The standard InChI is InChI=1S/C7H6N4O6S2/c12-18(13,14)4-1-2-5(7-8-10-11-9-7)6(3-4)19(15,16)17/h1-3H,(H,12,13,14)(H,15,16,17)(H,8,9,10,11). The first-order chi connectivity index (χ1) is 8.69. The van der Waals surface area contributed by atoms with Crippen LogP contribution < -0.4 is 0 Å². The lowest BCUT2D eigenvalue weighted by atomic mass is 10.2. The highest BCUT2D eigenvalue weighted by atomic mass is 32.2. The number of aromatic amines is 1. The first kappa shape index (κ1) is 13.5. The quantitative estimate of drug-likeness (QED) is 0.625. The second-order valence-electron chi connectivity index (χ2n) is 3.34. The van der Waals surface area contributed by atoms with Crippen LogP contribution in [0.1, 0.15) is 0 Å². The van der Waals surface area contributed by atoms with Gasteiger partial charge in [-0.25, -0.2) is 0 Å². The SMILES string of the molecule is O=S(=O)(O)c1ccc(-c2nn[nH]n2)c(S(=O)(=O)O)c1. The molecule has 1 heterocycles. The second kappa shape index (κ2) is 4.34. The number of aromatic nitrogens is 4. The van der Waals surface area contributed by atoms with Gasteiger partial charge in [-0.15, -0.1) is 10.2 Å². The summed E-state index contributed by atoms with van der Waals surface area (Å²) >= 11 is 0. The molecule has 0 atom stereocenters. The van der Waals surface area contributed by atoms with Crippen LogP contribution in [0.3, 0.4) is 0 Å². The molecule has 12 heteroatoms. The van der Waals surface area contributed by atoms with Gasteiger partial charge >= 0.3 is 0 Å². The Hall–Kier alpha value is -1.89. The summed E-state index contributed by atoms with van der Waals surface area (Å²) in [4.78, 5) is -1.45. The van der Waals surface area contributed by atoms with Crippen molar-refractivity contribution in [3.63, 3.8) is 0 Å². The monoisotopic (exact) mass is 306 g/mol.